The fourth-order valence-electron chi connectivity index (χ4n) is 5.80. The number of fused-ring (bicyclic) bond motifs is 2. The van der Waals surface area contributed by atoms with Crippen LogP contribution in [0, 0.1) is 0 Å². The molecule has 0 unspecified atom stereocenters. The van der Waals surface area contributed by atoms with E-state index in [9.17, 15) is 48.6 Å². The number of hydrogen-bond acceptors (Lipinski definition) is 20. The van der Waals surface area contributed by atoms with Crippen LogP contribution in [0.5, 0.6) is 0 Å². The molecule has 2 atom stereocenters. The fraction of sp³-hybridized carbons (Fsp3) is 0.263. The number of H-pyrrole nitrogens is 2. The Balaban J connectivity index is 0.000000280. The van der Waals surface area contributed by atoms with Gasteiger partial charge in [0.2, 0.25) is 11.9 Å². The van der Waals surface area contributed by atoms with E-state index in [1.807, 2.05) is 0 Å². The van der Waals surface area contributed by atoms with Crippen LogP contribution in [0.1, 0.15) is 46.4 Å². The van der Waals surface area contributed by atoms with Gasteiger partial charge in [0.05, 0.1) is 37.6 Å². The summed E-state index contributed by atoms with van der Waals surface area (Å²) in [6, 6.07) is 9.74. The molecule has 2 amide bonds. The van der Waals surface area contributed by atoms with Gasteiger partial charge in [-0.1, -0.05) is 0 Å². The number of carboxylic acids is 4. The second kappa shape index (κ2) is 23.2. The number of aromatic amines is 2. The molecular weight excluding hydrogens is 885 g/mol. The third kappa shape index (κ3) is 14.8. The van der Waals surface area contributed by atoms with Crippen molar-refractivity contribution in [2.75, 3.05) is 58.9 Å². The Kier molecular flexibility index (Phi) is 17.9. The summed E-state index contributed by atoms with van der Waals surface area (Å²) in [4.78, 5) is 113. The Hall–Kier alpha value is -7.58. The second-order valence-corrected chi connectivity index (χ2v) is 13.8. The molecule has 26 nitrogen and oxygen atoms in total. The molecule has 4 heterocycles. The summed E-state index contributed by atoms with van der Waals surface area (Å²) in [6.07, 6.45) is -1.54. The zero-order valence-electron chi connectivity index (χ0n) is 34.1. The Morgan fingerprint density at radius 1 is 0.631 bits per heavy atom. The zero-order chi connectivity index (χ0) is 46.5. The normalized spacial score (nSPS) is 13.0. The number of rotatable bonds is 18. The summed E-state index contributed by atoms with van der Waals surface area (Å²) < 4.78 is 0. The van der Waals surface area contributed by atoms with Crippen molar-refractivity contribution in [3.63, 3.8) is 0 Å². The number of aromatic nitrogens is 4. The molecule has 4 aromatic rings. The minimum Gasteiger partial charge on any atom is -0.550 e. The number of carbonyl (C=O) groups excluding carboxylic acids is 4. The van der Waals surface area contributed by atoms with E-state index < -0.39 is 71.7 Å². The van der Waals surface area contributed by atoms with Crippen LogP contribution in [0.3, 0.4) is 0 Å². The van der Waals surface area contributed by atoms with Crippen LogP contribution in [0.15, 0.2) is 68.1 Å². The number of nitrogens with zero attached hydrogens (tertiary/aromatic N) is 4. The molecule has 2 aromatic heterocycles. The number of carboxylic acid groups (broad SMARTS) is 4. The predicted octanol–water partition coefficient (Wildman–Crippen LogP) is -3.03. The monoisotopic (exact) mass is 924 g/mol. The molecule has 0 bridgehead atoms. The van der Waals surface area contributed by atoms with Crippen molar-refractivity contribution < 1.29 is 49.2 Å². The molecule has 2 aliphatic rings. The standard InChI is InChI=1S/2C19H21N7O6.Ca/c2*20-19-25-15-14(17(30)26-19)23-11(8-22-15)7-21-10-3-1-9(2-4-10)16(29)24-12(18(31)32)5-6-13(27)28;/h2*1-4,12,21H,5-8H2,(H,24,29)(H,27,28)(H,31,32)(H4,20,22,25,26,30);/q;;+2/p-2/t2*12-;/m00./s1. The molecule has 2 aromatic carbocycles. The quantitative estimate of drug-likeness (QED) is 0.0442. The van der Waals surface area contributed by atoms with Gasteiger partial charge in [0.1, 0.15) is 12.1 Å². The van der Waals surface area contributed by atoms with Crippen LogP contribution >= 0.6 is 0 Å². The Morgan fingerprint density at radius 3 is 1.31 bits per heavy atom. The van der Waals surface area contributed by atoms with Crippen LogP contribution < -0.4 is 64.7 Å². The van der Waals surface area contributed by atoms with E-state index in [0.717, 1.165) is 0 Å². The first-order valence-corrected chi connectivity index (χ1v) is 19.0. The van der Waals surface area contributed by atoms with Crippen molar-refractivity contribution in [3.05, 3.63) is 80.4 Å². The van der Waals surface area contributed by atoms with Crippen molar-refractivity contribution in [1.82, 2.24) is 30.6 Å². The van der Waals surface area contributed by atoms with Gasteiger partial charge >= 0.3 is 49.7 Å². The largest absolute Gasteiger partial charge is 2.00 e. The summed E-state index contributed by atoms with van der Waals surface area (Å²) in [6.45, 7) is 1.34. The number of nitrogens with one attached hydrogen (secondary N) is 8. The Morgan fingerprint density at radius 2 is 0.985 bits per heavy atom. The molecule has 336 valence electrons. The topological polar surface area (TPSA) is 429 Å². The van der Waals surface area contributed by atoms with Crippen LogP contribution in [0.4, 0.5) is 46.3 Å². The van der Waals surface area contributed by atoms with E-state index >= 15 is 0 Å². The predicted molar refractivity (Wildman–Crippen MR) is 232 cm³/mol. The SMILES string of the molecule is Nc1nc2c(c(=O)[nH]1)N=C(CNc1ccc(C(=O)N[C@@H](CCC(=O)[O-])C(=O)O)cc1)CN2.Nc1nc2c(c(=O)[nH]1)N=C(CNc1ccc(C(=O)N[C@@H](CCC(=O)[O-])C(=O)O)cc1)CN2.[Ca+2]. The van der Waals surface area contributed by atoms with Crippen molar-refractivity contribution in [3.8, 4) is 0 Å². The molecule has 0 aliphatic carbocycles. The average Bonchev–Trinajstić information content (AvgIpc) is 3.25. The zero-order valence-corrected chi connectivity index (χ0v) is 36.3. The minimum absolute atomic E-state index is 0. The molecule has 65 heavy (non-hydrogen) atoms. The van der Waals surface area contributed by atoms with E-state index in [1.165, 1.54) is 24.3 Å². The number of anilines is 6. The van der Waals surface area contributed by atoms with E-state index in [1.54, 1.807) is 24.3 Å². The first kappa shape index (κ1) is 50.1. The molecule has 2 aliphatic heterocycles. The van der Waals surface area contributed by atoms with Gasteiger partial charge < -0.3 is 73.4 Å². The van der Waals surface area contributed by atoms with Gasteiger partial charge in [0, 0.05) is 34.4 Å². The van der Waals surface area contributed by atoms with Crippen molar-refractivity contribution >= 4 is 131 Å². The van der Waals surface area contributed by atoms with E-state index in [0.29, 0.717) is 60.6 Å². The third-order valence-electron chi connectivity index (χ3n) is 9.05. The van der Waals surface area contributed by atoms with Crippen LogP contribution in [-0.4, -0.2) is 153 Å². The van der Waals surface area contributed by atoms with Gasteiger partial charge in [-0.15, -0.1) is 0 Å². The summed E-state index contributed by atoms with van der Waals surface area (Å²) in [7, 11) is 0. The average molecular weight is 925 g/mol. The molecule has 6 rings (SSSR count). The minimum atomic E-state index is -1.40. The summed E-state index contributed by atoms with van der Waals surface area (Å²) in [5.41, 5.74) is 13.4. The van der Waals surface area contributed by atoms with E-state index in [-0.39, 0.29) is 85.0 Å². The number of aliphatic carboxylic acids is 4. The van der Waals surface area contributed by atoms with Crippen LogP contribution in [0.25, 0.3) is 0 Å². The van der Waals surface area contributed by atoms with Crippen LogP contribution in [-0.2, 0) is 19.2 Å². The number of carbonyl (C=O) groups is 6. The molecule has 14 N–H and O–H groups in total. The summed E-state index contributed by atoms with van der Waals surface area (Å²) >= 11 is 0. The number of benzene rings is 2. The maximum Gasteiger partial charge on any atom is 2.00 e. The number of aliphatic imine (C=N–C) groups is 2. The van der Waals surface area contributed by atoms with Gasteiger partial charge in [-0.05, 0) is 74.2 Å². The molecular formula is C38H40CaN14O12. The Bertz CT molecular complexity index is 2440. The number of nitrogen functional groups attached to an aromatic ring is 2. The smallest absolute Gasteiger partial charge is 0.550 e. The number of nitrogens with two attached hydrogens (primary N) is 2. The van der Waals surface area contributed by atoms with Gasteiger partial charge in [-0.3, -0.25) is 29.1 Å². The first-order chi connectivity index (χ1) is 30.4. The van der Waals surface area contributed by atoms with Crippen molar-refractivity contribution in [2.24, 2.45) is 9.98 Å². The molecule has 27 heteroatoms. The third-order valence-corrected chi connectivity index (χ3v) is 9.05. The van der Waals surface area contributed by atoms with E-state index in [2.05, 4.69) is 61.8 Å². The fourth-order valence-corrected chi connectivity index (χ4v) is 5.80. The molecule has 0 fully saturated rings. The van der Waals surface area contributed by atoms with Gasteiger partial charge in [0.15, 0.2) is 23.0 Å². The summed E-state index contributed by atoms with van der Waals surface area (Å²) in [5.74, 6) is -6.15. The van der Waals surface area contributed by atoms with Crippen LogP contribution in [0.2, 0.25) is 0 Å². The maximum atomic E-state index is 12.3. The van der Waals surface area contributed by atoms with Crippen molar-refractivity contribution in [2.45, 2.75) is 37.8 Å². The Labute approximate surface area is 395 Å². The first-order valence-electron chi connectivity index (χ1n) is 19.0. The molecule has 0 saturated heterocycles. The molecule has 0 spiro atoms. The van der Waals surface area contributed by atoms with Gasteiger partial charge in [-0.2, -0.15) is 9.97 Å². The molecule has 0 radical (unpaired) electrons. The number of hydrogen-bond donors (Lipinski definition) is 12. The van der Waals surface area contributed by atoms with Gasteiger partial charge in [-0.25, -0.2) is 19.6 Å². The molecule has 0 saturated carbocycles. The maximum absolute atomic E-state index is 12.3. The van der Waals surface area contributed by atoms with Gasteiger partial charge in [0.25, 0.3) is 22.9 Å². The number of amides is 2. The summed E-state index contributed by atoms with van der Waals surface area (Å²) in [5, 5.41) is 56.0. The van der Waals surface area contributed by atoms with Crippen molar-refractivity contribution in [1.29, 1.82) is 0 Å². The second-order valence-electron chi connectivity index (χ2n) is 13.8. The van der Waals surface area contributed by atoms with E-state index in [4.69, 9.17) is 21.7 Å².